The maximum absolute atomic E-state index is 12.3. The molecule has 0 rings (SSSR count). The first-order chi connectivity index (χ1) is 13.6. The highest BCUT2D eigenvalue weighted by Crippen LogP contribution is 2.02. The third-order valence-electron chi connectivity index (χ3n) is 3.59. The number of carboxylic acids is 2. The van der Waals surface area contributed by atoms with Crippen LogP contribution in [0.4, 0.5) is 0 Å². The first-order valence-electron chi connectivity index (χ1n) is 8.39. The molecule has 3 amide bonds. The van der Waals surface area contributed by atoms with Crippen molar-refractivity contribution in [3.8, 4) is 0 Å². The Morgan fingerprint density at radius 1 is 0.966 bits per heavy atom. The second kappa shape index (κ2) is 14.0. The Labute approximate surface area is 176 Å². The van der Waals surface area contributed by atoms with Crippen LogP contribution in [0.1, 0.15) is 12.8 Å². The molecule has 0 aromatic rings. The summed E-state index contributed by atoms with van der Waals surface area (Å²) in [4.78, 5) is 58.1. The fraction of sp³-hybridized carbons (Fsp3) is 0.667. The molecule has 0 aliphatic rings. The molecule has 0 radical (unpaired) electrons. The van der Waals surface area contributed by atoms with Gasteiger partial charge in [0.2, 0.25) is 17.7 Å². The van der Waals surface area contributed by atoms with E-state index in [2.05, 4.69) is 28.6 Å². The quantitative estimate of drug-likeness (QED) is 0.125. The average Bonchev–Trinajstić information content (AvgIpc) is 2.65. The number of nitrogens with two attached hydrogens (primary N) is 1. The largest absolute Gasteiger partial charge is 0.481 e. The van der Waals surface area contributed by atoms with Crippen LogP contribution in [0.15, 0.2) is 0 Å². The zero-order valence-corrected chi connectivity index (χ0v) is 17.4. The predicted octanol–water partition coefficient (Wildman–Crippen LogP) is -3.00. The molecule has 0 aliphatic heterocycles. The Morgan fingerprint density at radius 2 is 1.48 bits per heavy atom. The Bertz CT molecular complexity index is 607. The fourth-order valence-electron chi connectivity index (χ4n) is 1.99. The number of amides is 3. The van der Waals surface area contributed by atoms with Gasteiger partial charge < -0.3 is 37.0 Å². The van der Waals surface area contributed by atoms with Gasteiger partial charge in [-0.05, 0) is 18.4 Å². The number of rotatable bonds is 14. The van der Waals surface area contributed by atoms with Crippen molar-refractivity contribution in [2.24, 2.45) is 5.73 Å². The summed E-state index contributed by atoms with van der Waals surface area (Å²) in [6, 6.07) is -5.33. The zero-order chi connectivity index (χ0) is 22.6. The van der Waals surface area contributed by atoms with E-state index in [1.807, 2.05) is 0 Å². The van der Waals surface area contributed by atoms with Gasteiger partial charge in [-0.3, -0.25) is 19.2 Å². The summed E-state index contributed by atoms with van der Waals surface area (Å²) in [5.41, 5.74) is 5.41. The fourth-order valence-corrected chi connectivity index (χ4v) is 2.71. The number of thiol groups is 1. The van der Waals surface area contributed by atoms with Gasteiger partial charge >= 0.3 is 11.9 Å². The lowest BCUT2D eigenvalue weighted by atomic mass is 10.1. The number of carbonyl (C=O) groups is 5. The summed E-state index contributed by atoms with van der Waals surface area (Å²) in [6.07, 6.45) is 1.26. The van der Waals surface area contributed by atoms with Gasteiger partial charge in [0, 0.05) is 5.75 Å². The highest BCUT2D eigenvalue weighted by Gasteiger charge is 2.29. The molecule has 14 heteroatoms. The van der Waals surface area contributed by atoms with Gasteiger partial charge in [0.05, 0.1) is 19.1 Å². The molecule has 0 heterocycles. The van der Waals surface area contributed by atoms with Crippen molar-refractivity contribution in [2.75, 3.05) is 24.4 Å². The van der Waals surface area contributed by atoms with E-state index in [0.717, 1.165) is 0 Å². The number of carboxylic acid groups (broad SMARTS) is 2. The van der Waals surface area contributed by atoms with E-state index in [-0.39, 0.29) is 12.2 Å². The minimum Gasteiger partial charge on any atom is -0.481 e. The SMILES string of the molecule is CSCCC(NC(=O)C(CO)NC(=O)C(CS)NC(=O)C(N)CC(=O)O)C(=O)O. The van der Waals surface area contributed by atoms with Crippen LogP contribution in [0.2, 0.25) is 0 Å². The smallest absolute Gasteiger partial charge is 0.326 e. The van der Waals surface area contributed by atoms with Gasteiger partial charge in [0.25, 0.3) is 0 Å². The van der Waals surface area contributed by atoms with Gasteiger partial charge in [-0.25, -0.2) is 4.79 Å². The lowest BCUT2D eigenvalue weighted by molar-refractivity contribution is -0.142. The van der Waals surface area contributed by atoms with Crippen molar-refractivity contribution in [2.45, 2.75) is 37.0 Å². The van der Waals surface area contributed by atoms with Gasteiger partial charge in [-0.15, -0.1) is 0 Å². The molecular formula is C15H26N4O8S2. The molecule has 0 saturated heterocycles. The Kier molecular flexibility index (Phi) is 13.0. The van der Waals surface area contributed by atoms with Gasteiger partial charge in [0.15, 0.2) is 0 Å². The van der Waals surface area contributed by atoms with E-state index >= 15 is 0 Å². The van der Waals surface area contributed by atoms with Crippen LogP contribution >= 0.6 is 24.4 Å². The van der Waals surface area contributed by atoms with Crippen molar-refractivity contribution >= 4 is 54.1 Å². The zero-order valence-electron chi connectivity index (χ0n) is 15.7. The molecular weight excluding hydrogens is 428 g/mol. The Hall–Kier alpha value is -2.03. The number of thioether (sulfide) groups is 1. The molecule has 0 aliphatic carbocycles. The van der Waals surface area contributed by atoms with Crippen molar-refractivity contribution in [3.05, 3.63) is 0 Å². The maximum atomic E-state index is 12.3. The lowest BCUT2D eigenvalue weighted by Crippen LogP contribution is -2.58. The van der Waals surface area contributed by atoms with Gasteiger partial charge in [-0.1, -0.05) is 0 Å². The second-order valence-corrected chi connectivity index (χ2v) is 7.22. The molecule has 8 N–H and O–H groups in total. The van der Waals surface area contributed by atoms with E-state index in [0.29, 0.717) is 5.75 Å². The van der Waals surface area contributed by atoms with Crippen LogP contribution in [0.3, 0.4) is 0 Å². The highest BCUT2D eigenvalue weighted by atomic mass is 32.2. The van der Waals surface area contributed by atoms with Gasteiger partial charge in [0.1, 0.15) is 18.1 Å². The monoisotopic (exact) mass is 454 g/mol. The van der Waals surface area contributed by atoms with E-state index in [1.165, 1.54) is 11.8 Å². The molecule has 4 unspecified atom stereocenters. The number of hydrogen-bond donors (Lipinski definition) is 8. The lowest BCUT2D eigenvalue weighted by Gasteiger charge is -2.23. The molecule has 12 nitrogen and oxygen atoms in total. The molecule has 0 bridgehead atoms. The topological polar surface area (TPSA) is 208 Å². The number of carbonyl (C=O) groups excluding carboxylic acids is 3. The normalized spacial score (nSPS) is 14.8. The summed E-state index contributed by atoms with van der Waals surface area (Å²) in [6.45, 7) is -0.821. The van der Waals surface area contributed by atoms with Crippen LogP contribution in [-0.2, 0) is 24.0 Å². The number of aliphatic hydroxyl groups excluding tert-OH is 1. The van der Waals surface area contributed by atoms with Crippen molar-refractivity contribution in [1.82, 2.24) is 16.0 Å². The van der Waals surface area contributed by atoms with Crippen LogP contribution in [-0.4, -0.2) is 93.5 Å². The molecule has 0 fully saturated rings. The number of hydrogen-bond acceptors (Lipinski definition) is 9. The maximum Gasteiger partial charge on any atom is 0.326 e. The van der Waals surface area contributed by atoms with Crippen LogP contribution in [0.25, 0.3) is 0 Å². The molecule has 4 atom stereocenters. The Balaban J connectivity index is 4.95. The van der Waals surface area contributed by atoms with E-state index in [9.17, 15) is 29.1 Å². The van der Waals surface area contributed by atoms with Crippen LogP contribution < -0.4 is 21.7 Å². The third-order valence-corrected chi connectivity index (χ3v) is 4.60. The van der Waals surface area contributed by atoms with Crippen molar-refractivity contribution in [1.29, 1.82) is 0 Å². The average molecular weight is 455 g/mol. The molecule has 0 spiro atoms. The van der Waals surface area contributed by atoms with Gasteiger partial charge in [-0.2, -0.15) is 24.4 Å². The summed E-state index contributed by atoms with van der Waals surface area (Å²) in [5.74, 6) is -5.01. The Morgan fingerprint density at radius 3 is 1.93 bits per heavy atom. The molecule has 0 saturated carbocycles. The summed E-state index contributed by atoms with van der Waals surface area (Å²) < 4.78 is 0. The standard InChI is InChI=1S/C15H26N4O8S2/c1-29-3-2-8(15(26)27)17-13(24)9(5-20)18-14(25)10(6-28)19-12(23)7(16)4-11(21)22/h7-10,20,28H,2-6,16H2,1H3,(H,17,24)(H,18,25)(H,19,23)(H,21,22)(H,26,27). The first kappa shape index (κ1) is 27.0. The molecule has 0 aromatic heterocycles. The molecule has 29 heavy (non-hydrogen) atoms. The van der Waals surface area contributed by atoms with Crippen LogP contribution in [0.5, 0.6) is 0 Å². The summed E-state index contributed by atoms with van der Waals surface area (Å²) >= 11 is 5.30. The third kappa shape index (κ3) is 10.3. The number of nitrogens with one attached hydrogen (secondary N) is 3. The minimum absolute atomic E-state index is 0.144. The van der Waals surface area contributed by atoms with E-state index < -0.39 is 66.9 Å². The van der Waals surface area contributed by atoms with E-state index in [4.69, 9.17) is 15.9 Å². The first-order valence-corrected chi connectivity index (χ1v) is 10.4. The van der Waals surface area contributed by atoms with Crippen molar-refractivity contribution < 1.29 is 39.3 Å². The summed E-state index contributed by atoms with van der Waals surface area (Å²) in [5, 5.41) is 33.8. The highest BCUT2D eigenvalue weighted by molar-refractivity contribution is 7.98. The number of aliphatic hydroxyl groups is 1. The number of aliphatic carboxylic acids is 2. The summed E-state index contributed by atoms with van der Waals surface area (Å²) in [7, 11) is 0. The predicted molar refractivity (Wildman–Crippen MR) is 108 cm³/mol. The van der Waals surface area contributed by atoms with E-state index in [1.54, 1.807) is 6.26 Å². The second-order valence-electron chi connectivity index (χ2n) is 5.87. The molecule has 0 aromatic carbocycles. The minimum atomic E-state index is -1.47. The molecule has 166 valence electrons. The van der Waals surface area contributed by atoms with Crippen molar-refractivity contribution in [3.63, 3.8) is 0 Å². The van der Waals surface area contributed by atoms with Crippen LogP contribution in [0, 0.1) is 0 Å².